The highest BCUT2D eigenvalue weighted by Crippen LogP contribution is 2.42. The lowest BCUT2D eigenvalue weighted by Crippen LogP contribution is -2.44. The van der Waals surface area contributed by atoms with E-state index in [1.165, 1.54) is 0 Å². The van der Waals surface area contributed by atoms with E-state index in [2.05, 4.69) is 4.90 Å². The van der Waals surface area contributed by atoms with Crippen molar-refractivity contribution in [2.45, 2.75) is 38.6 Å². The number of benzene rings is 1. The van der Waals surface area contributed by atoms with Gasteiger partial charge in [0.25, 0.3) is 0 Å². The zero-order valence-electron chi connectivity index (χ0n) is 12.2. The predicted molar refractivity (Wildman–Crippen MR) is 78.9 cm³/mol. The van der Waals surface area contributed by atoms with Gasteiger partial charge >= 0.3 is 0 Å². The maximum atomic E-state index is 11.7. The van der Waals surface area contributed by atoms with Gasteiger partial charge in [-0.1, -0.05) is 12.1 Å². The molecule has 1 aromatic carbocycles. The van der Waals surface area contributed by atoms with Crippen LogP contribution < -0.4 is 0 Å². The fourth-order valence-electron chi connectivity index (χ4n) is 3.70. The summed E-state index contributed by atoms with van der Waals surface area (Å²) in [5.41, 5.74) is 1.03. The van der Waals surface area contributed by atoms with Gasteiger partial charge in [0.05, 0.1) is 6.42 Å². The number of carbonyl (C=O) groups is 2. The van der Waals surface area contributed by atoms with E-state index >= 15 is 0 Å². The Bertz CT molecular complexity index is 541. The van der Waals surface area contributed by atoms with E-state index in [0.717, 1.165) is 38.0 Å². The predicted octanol–water partition coefficient (Wildman–Crippen LogP) is 2.30. The molecule has 4 heteroatoms. The smallest absolute Gasteiger partial charge is 0.140 e. The summed E-state index contributed by atoms with van der Waals surface area (Å²) in [6.45, 7) is 2.64. The first-order valence-corrected chi connectivity index (χ1v) is 7.58. The average Bonchev–Trinajstić information content (AvgIpc) is 2.40. The van der Waals surface area contributed by atoms with Crippen LogP contribution in [0.4, 0.5) is 0 Å². The molecule has 1 aliphatic heterocycles. The van der Waals surface area contributed by atoms with E-state index < -0.39 is 0 Å². The van der Waals surface area contributed by atoms with E-state index in [4.69, 9.17) is 0 Å². The molecule has 0 amide bonds. The van der Waals surface area contributed by atoms with Crippen LogP contribution in [0.25, 0.3) is 0 Å². The Morgan fingerprint density at radius 2 is 1.76 bits per heavy atom. The molecule has 112 valence electrons. The molecule has 0 atom stereocenters. The van der Waals surface area contributed by atoms with Gasteiger partial charge in [-0.15, -0.1) is 0 Å². The molecule has 1 aromatic rings. The van der Waals surface area contributed by atoms with Crippen LogP contribution in [-0.4, -0.2) is 34.7 Å². The van der Waals surface area contributed by atoms with E-state index in [-0.39, 0.29) is 23.4 Å². The number of Topliss-reactive ketones (excluding diaryl/α,β-unsaturated/α-hetero) is 2. The zero-order valence-corrected chi connectivity index (χ0v) is 12.2. The molecule has 3 rings (SSSR count). The van der Waals surface area contributed by atoms with Crippen molar-refractivity contribution in [3.63, 3.8) is 0 Å². The third-order valence-corrected chi connectivity index (χ3v) is 4.77. The second kappa shape index (κ2) is 5.60. The molecule has 1 aliphatic carbocycles. The Morgan fingerprint density at radius 3 is 2.38 bits per heavy atom. The molecule has 1 saturated carbocycles. The topological polar surface area (TPSA) is 57.6 Å². The number of aromatic hydroxyl groups is 1. The van der Waals surface area contributed by atoms with Crippen molar-refractivity contribution in [3.8, 4) is 5.75 Å². The van der Waals surface area contributed by atoms with Crippen molar-refractivity contribution in [3.05, 3.63) is 29.8 Å². The van der Waals surface area contributed by atoms with Crippen molar-refractivity contribution < 1.29 is 14.7 Å². The third kappa shape index (κ3) is 3.32. The molecular formula is C17H21NO3. The second-order valence-electron chi connectivity index (χ2n) is 6.55. The lowest BCUT2D eigenvalue weighted by molar-refractivity contribution is -0.135. The number of rotatable bonds is 2. The standard InChI is InChI=1S/C17H21NO3/c19-14-3-1-2-13(8-14)12-18-6-4-17(5-7-18)10-15(20)9-16(21)11-17/h1-3,8,19H,4-7,9-12H2. The molecule has 4 nitrogen and oxygen atoms in total. The molecule has 1 spiro atoms. The Hall–Kier alpha value is -1.68. The number of phenolic OH excluding ortho intramolecular Hbond substituents is 1. The molecule has 2 fully saturated rings. The van der Waals surface area contributed by atoms with Crippen molar-refractivity contribution >= 4 is 11.6 Å². The minimum absolute atomic E-state index is 0.0677. The SMILES string of the molecule is O=C1CC(=O)CC2(CCN(Cc3cccc(O)c3)CC2)C1. The first-order chi connectivity index (χ1) is 10.0. The van der Waals surface area contributed by atoms with Crippen molar-refractivity contribution in [2.75, 3.05) is 13.1 Å². The fourth-order valence-corrected chi connectivity index (χ4v) is 3.70. The number of likely N-dealkylation sites (tertiary alicyclic amines) is 1. The van der Waals surface area contributed by atoms with Gasteiger partial charge < -0.3 is 5.11 Å². The van der Waals surface area contributed by atoms with Gasteiger partial charge in [-0.25, -0.2) is 0 Å². The normalized spacial score (nSPS) is 22.7. The summed E-state index contributed by atoms with van der Waals surface area (Å²) in [7, 11) is 0. The number of carbonyl (C=O) groups excluding carboxylic acids is 2. The highest BCUT2D eigenvalue weighted by atomic mass is 16.3. The molecule has 21 heavy (non-hydrogen) atoms. The monoisotopic (exact) mass is 287 g/mol. The molecule has 1 heterocycles. The highest BCUT2D eigenvalue weighted by Gasteiger charge is 2.41. The van der Waals surface area contributed by atoms with Gasteiger partial charge in [0.15, 0.2) is 0 Å². The molecular weight excluding hydrogens is 266 g/mol. The van der Waals surface area contributed by atoms with E-state index in [1.54, 1.807) is 12.1 Å². The zero-order chi connectivity index (χ0) is 14.9. The number of piperidine rings is 1. The van der Waals surface area contributed by atoms with Crippen LogP contribution in [0, 0.1) is 5.41 Å². The molecule has 1 N–H and O–H groups in total. The largest absolute Gasteiger partial charge is 0.508 e. The van der Waals surface area contributed by atoms with Gasteiger partial charge in [-0.05, 0) is 49.0 Å². The Balaban J connectivity index is 1.60. The first kappa shape index (κ1) is 14.3. The molecule has 0 aromatic heterocycles. The summed E-state index contributed by atoms with van der Waals surface area (Å²) in [6, 6.07) is 7.33. The summed E-state index contributed by atoms with van der Waals surface area (Å²) in [5, 5.41) is 9.51. The van der Waals surface area contributed by atoms with Crippen LogP contribution in [-0.2, 0) is 16.1 Å². The summed E-state index contributed by atoms with van der Waals surface area (Å²) >= 11 is 0. The van der Waals surface area contributed by atoms with Crippen molar-refractivity contribution in [1.29, 1.82) is 0 Å². The van der Waals surface area contributed by atoms with Gasteiger partial charge in [0.1, 0.15) is 17.3 Å². The van der Waals surface area contributed by atoms with Crippen molar-refractivity contribution in [2.24, 2.45) is 5.41 Å². The van der Waals surface area contributed by atoms with Gasteiger partial charge in [-0.3, -0.25) is 14.5 Å². The maximum Gasteiger partial charge on any atom is 0.140 e. The van der Waals surface area contributed by atoms with Crippen LogP contribution in [0.1, 0.15) is 37.7 Å². The molecule has 0 unspecified atom stereocenters. The Kier molecular flexibility index (Phi) is 3.81. The number of nitrogens with zero attached hydrogens (tertiary/aromatic N) is 1. The minimum atomic E-state index is -0.0677. The van der Waals surface area contributed by atoms with Gasteiger partial charge in [-0.2, -0.15) is 0 Å². The number of phenols is 1. The summed E-state index contributed by atoms with van der Waals surface area (Å²) in [4.78, 5) is 25.7. The third-order valence-electron chi connectivity index (χ3n) is 4.77. The van der Waals surface area contributed by atoms with Crippen LogP contribution in [0.2, 0.25) is 0 Å². The number of hydrogen-bond donors (Lipinski definition) is 1. The van der Waals surface area contributed by atoms with E-state index in [1.807, 2.05) is 12.1 Å². The first-order valence-electron chi connectivity index (χ1n) is 7.58. The molecule has 1 saturated heterocycles. The lowest BCUT2D eigenvalue weighted by atomic mass is 9.67. The lowest BCUT2D eigenvalue weighted by Gasteiger charge is -2.43. The van der Waals surface area contributed by atoms with E-state index in [0.29, 0.717) is 18.6 Å². The van der Waals surface area contributed by atoms with E-state index in [9.17, 15) is 14.7 Å². The summed E-state index contributed by atoms with van der Waals surface area (Å²) in [5.74, 6) is 0.532. The summed E-state index contributed by atoms with van der Waals surface area (Å²) in [6.07, 6.45) is 3.15. The van der Waals surface area contributed by atoms with Crippen molar-refractivity contribution in [1.82, 2.24) is 4.90 Å². The van der Waals surface area contributed by atoms with Gasteiger partial charge in [0, 0.05) is 19.4 Å². The number of hydrogen-bond acceptors (Lipinski definition) is 4. The Labute approximate surface area is 124 Å². The minimum Gasteiger partial charge on any atom is -0.508 e. The van der Waals surface area contributed by atoms with Crippen LogP contribution >= 0.6 is 0 Å². The number of ketones is 2. The highest BCUT2D eigenvalue weighted by molar-refractivity contribution is 6.02. The maximum absolute atomic E-state index is 11.7. The molecule has 0 radical (unpaired) electrons. The average molecular weight is 287 g/mol. The summed E-state index contributed by atoms with van der Waals surface area (Å²) < 4.78 is 0. The molecule has 2 aliphatic rings. The van der Waals surface area contributed by atoms with Crippen LogP contribution in [0.3, 0.4) is 0 Å². The second-order valence-corrected chi connectivity index (χ2v) is 6.55. The Morgan fingerprint density at radius 1 is 1.10 bits per heavy atom. The van der Waals surface area contributed by atoms with Crippen LogP contribution in [0.15, 0.2) is 24.3 Å². The fraction of sp³-hybridized carbons (Fsp3) is 0.529. The quantitative estimate of drug-likeness (QED) is 0.848. The van der Waals surface area contributed by atoms with Gasteiger partial charge in [0.2, 0.25) is 0 Å². The van der Waals surface area contributed by atoms with Crippen LogP contribution in [0.5, 0.6) is 5.75 Å². The molecule has 0 bridgehead atoms.